The Morgan fingerprint density at radius 2 is 2.08 bits per heavy atom. The molecule has 2 aromatic heterocycles. The molecule has 8 heteroatoms. The van der Waals surface area contributed by atoms with Crippen LogP contribution in [0.3, 0.4) is 0 Å². The summed E-state index contributed by atoms with van der Waals surface area (Å²) < 4.78 is 0. The number of thiophene rings is 1. The lowest BCUT2D eigenvalue weighted by molar-refractivity contribution is -0.138. The molecule has 1 saturated heterocycles. The van der Waals surface area contributed by atoms with Gasteiger partial charge in [0.25, 0.3) is 0 Å². The number of nitrogens with zero attached hydrogens (tertiary/aromatic N) is 3. The minimum atomic E-state index is -0.462. The minimum Gasteiger partial charge on any atom is -0.368 e. The Morgan fingerprint density at radius 1 is 1.23 bits per heavy atom. The van der Waals surface area contributed by atoms with Crippen LogP contribution >= 0.6 is 23.1 Å². The third-order valence-electron chi connectivity index (χ3n) is 5.20. The fourth-order valence-electron chi connectivity index (χ4n) is 3.91. The lowest BCUT2D eigenvalue weighted by Gasteiger charge is -2.33. The second kappa shape index (κ2) is 7.52. The number of piperidine rings is 1. The first-order valence-corrected chi connectivity index (χ1v) is 10.9. The molecular formula is C18H22N4O2S2. The van der Waals surface area contributed by atoms with Crippen molar-refractivity contribution in [3.05, 3.63) is 16.8 Å². The standard InChI is InChI=1S/C18H22N4O2S2/c19-16(24)12-6-3-4-8-22(12)14(23)9-25-17-15-11-5-1-2-7-13(11)26-18(15)21-10-20-17/h10,12H,1-9H2,(H2,19,24)/t12-/m1/s1. The van der Waals surface area contributed by atoms with Gasteiger partial charge in [0, 0.05) is 16.8 Å². The number of carbonyl (C=O) groups excluding carboxylic acids is 2. The van der Waals surface area contributed by atoms with Crippen LogP contribution in [0, 0.1) is 0 Å². The second-order valence-electron chi connectivity index (χ2n) is 6.86. The van der Waals surface area contributed by atoms with E-state index in [-0.39, 0.29) is 11.7 Å². The molecule has 3 heterocycles. The maximum Gasteiger partial charge on any atom is 0.240 e. The van der Waals surface area contributed by atoms with Gasteiger partial charge >= 0.3 is 0 Å². The molecule has 0 radical (unpaired) electrons. The maximum absolute atomic E-state index is 12.7. The molecule has 138 valence electrons. The van der Waals surface area contributed by atoms with Crippen LogP contribution in [0.2, 0.25) is 0 Å². The summed E-state index contributed by atoms with van der Waals surface area (Å²) >= 11 is 3.21. The fourth-order valence-corrected chi connectivity index (χ4v) is 6.11. The van der Waals surface area contributed by atoms with Crippen molar-refractivity contribution in [1.29, 1.82) is 0 Å². The second-order valence-corrected chi connectivity index (χ2v) is 8.91. The van der Waals surface area contributed by atoms with Gasteiger partial charge < -0.3 is 10.6 Å². The summed E-state index contributed by atoms with van der Waals surface area (Å²) in [6.07, 6.45) is 8.75. The van der Waals surface area contributed by atoms with Crippen molar-refractivity contribution in [2.24, 2.45) is 5.73 Å². The maximum atomic E-state index is 12.7. The van der Waals surface area contributed by atoms with Crippen LogP contribution in [0.5, 0.6) is 0 Å². The highest BCUT2D eigenvalue weighted by atomic mass is 32.2. The topological polar surface area (TPSA) is 89.2 Å². The number of primary amides is 1. The Bertz CT molecular complexity index is 851. The molecule has 2 amide bonds. The smallest absolute Gasteiger partial charge is 0.240 e. The van der Waals surface area contributed by atoms with Crippen LogP contribution in [0.1, 0.15) is 42.5 Å². The van der Waals surface area contributed by atoms with E-state index >= 15 is 0 Å². The normalized spacial score (nSPS) is 20.2. The highest BCUT2D eigenvalue weighted by molar-refractivity contribution is 8.00. The first-order chi connectivity index (χ1) is 12.6. The summed E-state index contributed by atoms with van der Waals surface area (Å²) in [4.78, 5) is 37.3. The van der Waals surface area contributed by atoms with Crippen LogP contribution in [0.4, 0.5) is 0 Å². The zero-order chi connectivity index (χ0) is 18.1. The molecule has 1 aliphatic heterocycles. The Morgan fingerprint density at radius 3 is 2.92 bits per heavy atom. The molecule has 2 N–H and O–H groups in total. The summed E-state index contributed by atoms with van der Waals surface area (Å²) in [6, 6.07) is -0.462. The predicted octanol–water partition coefficient (Wildman–Crippen LogP) is 2.53. The average Bonchev–Trinajstić information content (AvgIpc) is 3.05. The molecule has 2 aliphatic rings. The number of hydrogen-bond acceptors (Lipinski definition) is 6. The van der Waals surface area contributed by atoms with E-state index in [0.29, 0.717) is 13.0 Å². The number of aromatic nitrogens is 2. The number of rotatable bonds is 4. The van der Waals surface area contributed by atoms with Gasteiger partial charge in [-0.15, -0.1) is 11.3 Å². The highest BCUT2D eigenvalue weighted by Gasteiger charge is 2.30. The SMILES string of the molecule is NC(=O)[C@H]1CCCCN1C(=O)CSc1ncnc2sc3c(c12)CCCC3. The van der Waals surface area contributed by atoms with Crippen molar-refractivity contribution in [2.45, 2.75) is 56.0 Å². The number of aryl methyl sites for hydroxylation is 2. The van der Waals surface area contributed by atoms with Crippen LogP contribution in [0.15, 0.2) is 11.4 Å². The molecule has 0 bridgehead atoms. The van der Waals surface area contributed by atoms with Gasteiger partial charge in [0.15, 0.2) is 0 Å². The number of likely N-dealkylation sites (tertiary alicyclic amines) is 1. The molecule has 4 rings (SSSR count). The summed E-state index contributed by atoms with van der Waals surface area (Å²) in [5.41, 5.74) is 6.86. The number of fused-ring (bicyclic) bond motifs is 3. The van der Waals surface area contributed by atoms with Crippen molar-refractivity contribution >= 4 is 45.1 Å². The lowest BCUT2D eigenvalue weighted by atomic mass is 9.97. The Kier molecular flexibility index (Phi) is 5.13. The zero-order valence-electron chi connectivity index (χ0n) is 14.6. The van der Waals surface area contributed by atoms with E-state index in [9.17, 15) is 9.59 Å². The summed E-state index contributed by atoms with van der Waals surface area (Å²) in [6.45, 7) is 0.611. The van der Waals surface area contributed by atoms with E-state index in [0.717, 1.165) is 40.9 Å². The van der Waals surface area contributed by atoms with Crippen LogP contribution in [-0.2, 0) is 22.4 Å². The number of carbonyl (C=O) groups is 2. The fraction of sp³-hybridized carbons (Fsp3) is 0.556. The third kappa shape index (κ3) is 3.32. The minimum absolute atomic E-state index is 0.0330. The third-order valence-corrected chi connectivity index (χ3v) is 7.37. The average molecular weight is 391 g/mol. The quantitative estimate of drug-likeness (QED) is 0.640. The molecule has 1 atom stereocenters. The Hall–Kier alpha value is -1.67. The van der Waals surface area contributed by atoms with E-state index in [1.165, 1.54) is 35.0 Å². The first-order valence-electron chi connectivity index (χ1n) is 9.12. The molecular weight excluding hydrogens is 368 g/mol. The number of amides is 2. The molecule has 26 heavy (non-hydrogen) atoms. The van der Waals surface area contributed by atoms with Crippen molar-refractivity contribution in [3.63, 3.8) is 0 Å². The van der Waals surface area contributed by atoms with Gasteiger partial charge in [-0.2, -0.15) is 0 Å². The van der Waals surface area contributed by atoms with Crippen molar-refractivity contribution in [3.8, 4) is 0 Å². The van der Waals surface area contributed by atoms with E-state index in [4.69, 9.17) is 5.73 Å². The van der Waals surface area contributed by atoms with Crippen LogP contribution in [-0.4, -0.2) is 45.0 Å². The largest absolute Gasteiger partial charge is 0.368 e. The summed E-state index contributed by atoms with van der Waals surface area (Å²) in [5, 5.41) is 2.02. The number of nitrogens with two attached hydrogens (primary N) is 1. The van der Waals surface area contributed by atoms with Gasteiger partial charge in [0.05, 0.1) is 5.75 Å². The first kappa shape index (κ1) is 17.7. The van der Waals surface area contributed by atoms with Crippen molar-refractivity contribution < 1.29 is 9.59 Å². The number of thioether (sulfide) groups is 1. The summed E-state index contributed by atoms with van der Waals surface area (Å²) in [7, 11) is 0. The molecule has 0 unspecified atom stereocenters. The van der Waals surface area contributed by atoms with E-state index in [1.54, 1.807) is 22.6 Å². The van der Waals surface area contributed by atoms with Gasteiger partial charge in [-0.3, -0.25) is 9.59 Å². The molecule has 2 aromatic rings. The zero-order valence-corrected chi connectivity index (χ0v) is 16.2. The van der Waals surface area contributed by atoms with Gasteiger partial charge in [0.2, 0.25) is 11.8 Å². The Labute approximate surface area is 160 Å². The van der Waals surface area contributed by atoms with Crippen molar-refractivity contribution in [1.82, 2.24) is 14.9 Å². The van der Waals surface area contributed by atoms with E-state index in [1.807, 2.05) is 0 Å². The lowest BCUT2D eigenvalue weighted by Crippen LogP contribution is -2.51. The van der Waals surface area contributed by atoms with Crippen LogP contribution in [0.25, 0.3) is 10.2 Å². The molecule has 1 fully saturated rings. The molecule has 0 spiro atoms. The molecule has 0 aromatic carbocycles. The van der Waals surface area contributed by atoms with E-state index < -0.39 is 11.9 Å². The molecule has 0 saturated carbocycles. The van der Waals surface area contributed by atoms with Gasteiger partial charge in [-0.1, -0.05) is 11.8 Å². The van der Waals surface area contributed by atoms with Gasteiger partial charge in [-0.25, -0.2) is 9.97 Å². The number of hydrogen-bond donors (Lipinski definition) is 1. The van der Waals surface area contributed by atoms with Gasteiger partial charge in [-0.05, 0) is 50.5 Å². The molecule has 1 aliphatic carbocycles. The van der Waals surface area contributed by atoms with E-state index in [2.05, 4.69) is 9.97 Å². The predicted molar refractivity (Wildman–Crippen MR) is 103 cm³/mol. The Balaban J connectivity index is 1.53. The highest BCUT2D eigenvalue weighted by Crippen LogP contribution is 2.39. The molecule has 6 nitrogen and oxygen atoms in total. The monoisotopic (exact) mass is 390 g/mol. The summed E-state index contributed by atoms with van der Waals surface area (Å²) in [5.74, 6) is -0.158. The van der Waals surface area contributed by atoms with Gasteiger partial charge in [0.1, 0.15) is 22.2 Å². The van der Waals surface area contributed by atoms with Crippen LogP contribution < -0.4 is 5.73 Å². The van der Waals surface area contributed by atoms with Crippen molar-refractivity contribution in [2.75, 3.05) is 12.3 Å².